The van der Waals surface area contributed by atoms with Gasteiger partial charge in [-0.15, -0.1) is 0 Å². The summed E-state index contributed by atoms with van der Waals surface area (Å²) < 4.78 is 2.13. The Morgan fingerprint density at radius 3 is 2.79 bits per heavy atom. The predicted molar refractivity (Wildman–Crippen MR) is 119 cm³/mol. The lowest BCUT2D eigenvalue weighted by Crippen LogP contribution is -2.28. The lowest BCUT2D eigenvalue weighted by atomic mass is 10.1. The van der Waals surface area contributed by atoms with Crippen LogP contribution in [0, 0.1) is 6.92 Å². The predicted octanol–water partition coefficient (Wildman–Crippen LogP) is 4.79. The fourth-order valence-corrected chi connectivity index (χ4v) is 3.55. The first-order valence-electron chi connectivity index (χ1n) is 9.76. The van der Waals surface area contributed by atoms with Crippen molar-refractivity contribution >= 4 is 39.2 Å². The van der Waals surface area contributed by atoms with Crippen LogP contribution in [0.3, 0.4) is 0 Å². The van der Waals surface area contributed by atoms with Crippen molar-refractivity contribution < 1.29 is 4.79 Å². The quantitative estimate of drug-likeness (QED) is 0.461. The van der Waals surface area contributed by atoms with Gasteiger partial charge in [0.25, 0.3) is 0 Å². The van der Waals surface area contributed by atoms with Crippen LogP contribution in [0.2, 0.25) is 0 Å². The summed E-state index contributed by atoms with van der Waals surface area (Å²) >= 11 is 0. The van der Waals surface area contributed by atoms with Crippen molar-refractivity contribution in [2.45, 2.75) is 20.4 Å². The highest BCUT2D eigenvalue weighted by Crippen LogP contribution is 2.26. The topological polar surface area (TPSA) is 71.0 Å². The van der Waals surface area contributed by atoms with Crippen LogP contribution in [-0.2, 0) is 13.6 Å². The minimum Gasteiger partial charge on any atom is -0.381 e. The van der Waals surface area contributed by atoms with Crippen LogP contribution in [0.4, 0.5) is 16.3 Å². The molecule has 148 valence electrons. The van der Waals surface area contributed by atoms with Gasteiger partial charge >= 0.3 is 6.03 Å². The van der Waals surface area contributed by atoms with Crippen LogP contribution in [0.15, 0.2) is 54.9 Å². The normalized spacial score (nSPS) is 11.0. The maximum atomic E-state index is 11.8. The van der Waals surface area contributed by atoms with E-state index < -0.39 is 0 Å². The number of hydrogen-bond acceptors (Lipinski definition) is 3. The molecule has 0 spiro atoms. The second-order valence-corrected chi connectivity index (χ2v) is 7.24. The van der Waals surface area contributed by atoms with Crippen molar-refractivity contribution in [3.63, 3.8) is 0 Å². The maximum absolute atomic E-state index is 11.8. The molecule has 4 rings (SSSR count). The Hall–Kier alpha value is -3.54. The second-order valence-electron chi connectivity index (χ2n) is 7.24. The molecule has 4 aromatic rings. The van der Waals surface area contributed by atoms with Crippen molar-refractivity contribution in [2.24, 2.45) is 7.05 Å². The van der Waals surface area contributed by atoms with Gasteiger partial charge in [0, 0.05) is 49.1 Å². The van der Waals surface area contributed by atoms with Gasteiger partial charge < -0.3 is 15.2 Å². The number of fused-ring (bicyclic) bond motifs is 2. The van der Waals surface area contributed by atoms with Gasteiger partial charge in [0.05, 0.1) is 0 Å². The molecule has 0 saturated carbocycles. The van der Waals surface area contributed by atoms with E-state index in [-0.39, 0.29) is 6.03 Å². The summed E-state index contributed by atoms with van der Waals surface area (Å²) in [5.41, 5.74) is 4.63. The number of urea groups is 1. The number of nitrogens with one attached hydrogen (secondary N) is 3. The summed E-state index contributed by atoms with van der Waals surface area (Å²) in [6.07, 6.45) is 3.88. The number of nitrogens with zero attached hydrogens (tertiary/aromatic N) is 2. The minimum atomic E-state index is -0.249. The summed E-state index contributed by atoms with van der Waals surface area (Å²) in [5, 5.41) is 12.4. The fourth-order valence-electron chi connectivity index (χ4n) is 3.55. The van der Waals surface area contributed by atoms with E-state index >= 15 is 0 Å². The number of benzene rings is 2. The molecule has 6 nitrogen and oxygen atoms in total. The molecular formula is C23H25N5O. The first-order chi connectivity index (χ1) is 14.0. The molecule has 2 aromatic heterocycles. The Labute approximate surface area is 169 Å². The summed E-state index contributed by atoms with van der Waals surface area (Å²) in [6, 6.07) is 14.5. The number of carbonyl (C=O) groups excluding carboxylic acids is 1. The SMILES string of the molecule is CCNC(=O)Nc1cc2cc(NCc3ccc4ccn(C)c4c3)cc(C)c2cn1. The summed E-state index contributed by atoms with van der Waals surface area (Å²) in [5.74, 6) is 0.536. The third-order valence-corrected chi connectivity index (χ3v) is 5.07. The van der Waals surface area contributed by atoms with E-state index in [0.717, 1.165) is 28.6 Å². The Morgan fingerprint density at radius 2 is 1.97 bits per heavy atom. The smallest absolute Gasteiger partial charge is 0.320 e. The molecule has 0 atom stereocenters. The number of hydrogen-bond donors (Lipinski definition) is 3. The van der Waals surface area contributed by atoms with Crippen LogP contribution in [0.25, 0.3) is 21.7 Å². The Morgan fingerprint density at radius 1 is 1.10 bits per heavy atom. The highest BCUT2D eigenvalue weighted by molar-refractivity contribution is 5.94. The van der Waals surface area contributed by atoms with Crippen molar-refractivity contribution in [1.29, 1.82) is 0 Å². The van der Waals surface area contributed by atoms with Crippen molar-refractivity contribution in [3.8, 4) is 0 Å². The number of anilines is 2. The Kier molecular flexibility index (Phi) is 5.08. The van der Waals surface area contributed by atoms with E-state index in [1.807, 2.05) is 13.0 Å². The largest absolute Gasteiger partial charge is 0.381 e. The van der Waals surface area contributed by atoms with E-state index in [1.54, 1.807) is 6.20 Å². The molecule has 0 aliphatic heterocycles. The van der Waals surface area contributed by atoms with E-state index in [2.05, 4.69) is 82.1 Å². The zero-order valence-corrected chi connectivity index (χ0v) is 16.9. The monoisotopic (exact) mass is 387 g/mol. The molecule has 0 unspecified atom stereocenters. The lowest BCUT2D eigenvalue weighted by Gasteiger charge is -2.12. The van der Waals surface area contributed by atoms with Gasteiger partial charge in [-0.1, -0.05) is 12.1 Å². The van der Waals surface area contributed by atoms with Crippen molar-refractivity contribution in [2.75, 3.05) is 17.2 Å². The molecule has 0 saturated heterocycles. The van der Waals surface area contributed by atoms with Crippen LogP contribution < -0.4 is 16.0 Å². The zero-order chi connectivity index (χ0) is 20.4. The van der Waals surface area contributed by atoms with Gasteiger partial charge in [-0.3, -0.25) is 5.32 Å². The van der Waals surface area contributed by atoms with E-state index in [0.29, 0.717) is 12.4 Å². The van der Waals surface area contributed by atoms with Crippen molar-refractivity contribution in [3.05, 3.63) is 66.0 Å². The molecular weight excluding hydrogens is 362 g/mol. The lowest BCUT2D eigenvalue weighted by molar-refractivity contribution is 0.252. The third-order valence-electron chi connectivity index (χ3n) is 5.07. The molecule has 2 heterocycles. The third kappa shape index (κ3) is 4.01. The number of carbonyl (C=O) groups is 1. The van der Waals surface area contributed by atoms with E-state index in [4.69, 9.17) is 0 Å². The van der Waals surface area contributed by atoms with Gasteiger partial charge in [0.2, 0.25) is 0 Å². The second kappa shape index (κ2) is 7.83. The number of pyridine rings is 1. The average molecular weight is 387 g/mol. The number of aryl methyl sites for hydroxylation is 2. The van der Waals surface area contributed by atoms with Gasteiger partial charge in [-0.05, 0) is 66.1 Å². The van der Waals surface area contributed by atoms with Crippen LogP contribution in [0.1, 0.15) is 18.1 Å². The molecule has 0 aliphatic carbocycles. The standard InChI is InChI=1S/C23H25N5O/c1-4-24-23(29)27-22-12-18-11-19(9-15(2)20(18)14-26-22)25-13-16-5-6-17-7-8-28(3)21(17)10-16/h5-12,14,25H,4,13H2,1-3H3,(H2,24,26,27,29). The molecule has 2 aromatic carbocycles. The number of rotatable bonds is 5. The van der Waals surface area contributed by atoms with Crippen molar-refractivity contribution in [1.82, 2.24) is 14.9 Å². The van der Waals surface area contributed by atoms with Crippen LogP contribution in [0.5, 0.6) is 0 Å². The zero-order valence-electron chi connectivity index (χ0n) is 16.9. The Bertz CT molecular complexity index is 1190. The summed E-state index contributed by atoms with van der Waals surface area (Å²) in [6.45, 7) is 5.26. The summed E-state index contributed by atoms with van der Waals surface area (Å²) in [7, 11) is 2.06. The molecule has 2 amide bonds. The summed E-state index contributed by atoms with van der Waals surface area (Å²) in [4.78, 5) is 16.1. The fraction of sp³-hybridized carbons (Fsp3) is 0.217. The molecule has 0 aliphatic rings. The highest BCUT2D eigenvalue weighted by atomic mass is 16.2. The van der Waals surface area contributed by atoms with Gasteiger partial charge in [0.15, 0.2) is 0 Å². The van der Waals surface area contributed by atoms with E-state index in [1.165, 1.54) is 16.5 Å². The minimum absolute atomic E-state index is 0.249. The van der Waals surface area contributed by atoms with Crippen LogP contribution >= 0.6 is 0 Å². The molecule has 3 N–H and O–H groups in total. The number of amides is 2. The average Bonchev–Trinajstić information content (AvgIpc) is 3.07. The van der Waals surface area contributed by atoms with Crippen LogP contribution in [-0.4, -0.2) is 22.1 Å². The first kappa shape index (κ1) is 18.8. The molecule has 0 bridgehead atoms. The van der Waals surface area contributed by atoms with Gasteiger partial charge in [0.1, 0.15) is 5.82 Å². The highest BCUT2D eigenvalue weighted by Gasteiger charge is 2.07. The molecule has 6 heteroatoms. The maximum Gasteiger partial charge on any atom is 0.320 e. The van der Waals surface area contributed by atoms with E-state index in [9.17, 15) is 4.79 Å². The molecule has 0 radical (unpaired) electrons. The molecule has 0 fully saturated rings. The Balaban J connectivity index is 1.56. The first-order valence-corrected chi connectivity index (χ1v) is 9.76. The molecule has 29 heavy (non-hydrogen) atoms. The van der Waals surface area contributed by atoms with Gasteiger partial charge in [-0.2, -0.15) is 0 Å². The van der Waals surface area contributed by atoms with Gasteiger partial charge in [-0.25, -0.2) is 9.78 Å². The number of aromatic nitrogens is 2.